The van der Waals surface area contributed by atoms with Crippen molar-refractivity contribution in [3.05, 3.63) is 46.6 Å². The summed E-state index contributed by atoms with van der Waals surface area (Å²) in [5, 5.41) is 4.13. The number of rotatable bonds is 3. The van der Waals surface area contributed by atoms with E-state index in [0.717, 1.165) is 31.5 Å². The second-order valence-electron chi connectivity index (χ2n) is 6.41. The van der Waals surface area contributed by atoms with Crippen LogP contribution in [-0.4, -0.2) is 10.1 Å². The second kappa shape index (κ2) is 5.60. The van der Waals surface area contributed by atoms with Crippen LogP contribution in [0.15, 0.2) is 22.7 Å². The molecule has 1 aromatic heterocycles. The van der Waals surface area contributed by atoms with Gasteiger partial charge in [0.15, 0.2) is 5.82 Å². The van der Waals surface area contributed by atoms with Crippen molar-refractivity contribution in [1.82, 2.24) is 10.1 Å². The van der Waals surface area contributed by atoms with Crippen LogP contribution in [-0.2, 0) is 12.0 Å². The van der Waals surface area contributed by atoms with Gasteiger partial charge in [-0.3, -0.25) is 0 Å². The zero-order valence-corrected chi connectivity index (χ0v) is 12.9. The molecule has 1 aliphatic carbocycles. The topological polar surface area (TPSA) is 64.9 Å². The van der Waals surface area contributed by atoms with Crippen LogP contribution in [0.2, 0.25) is 0 Å². The van der Waals surface area contributed by atoms with Crippen molar-refractivity contribution in [3.8, 4) is 0 Å². The molecule has 0 amide bonds. The summed E-state index contributed by atoms with van der Waals surface area (Å²) in [6.07, 6.45) is 6.12. The lowest BCUT2D eigenvalue weighted by molar-refractivity contribution is 0.219. The van der Waals surface area contributed by atoms with Gasteiger partial charge < -0.3 is 10.3 Å². The summed E-state index contributed by atoms with van der Waals surface area (Å²) in [7, 11) is 0. The Kier molecular flexibility index (Phi) is 3.81. The first-order valence-electron chi connectivity index (χ1n) is 7.74. The van der Waals surface area contributed by atoms with Crippen molar-refractivity contribution in [3.63, 3.8) is 0 Å². The molecule has 2 aromatic rings. The minimum atomic E-state index is -0.411. The zero-order valence-electron chi connectivity index (χ0n) is 12.9. The number of hydrogen-bond donors (Lipinski definition) is 1. The first-order valence-corrected chi connectivity index (χ1v) is 7.74. The van der Waals surface area contributed by atoms with E-state index in [1.165, 1.54) is 23.1 Å². The summed E-state index contributed by atoms with van der Waals surface area (Å²) in [5.41, 5.74) is 9.77. The molecular weight excluding hydrogens is 262 g/mol. The smallest absolute Gasteiger partial charge is 0.246 e. The van der Waals surface area contributed by atoms with Gasteiger partial charge in [0, 0.05) is 6.42 Å². The molecule has 0 saturated heterocycles. The molecule has 1 fully saturated rings. The third-order valence-corrected chi connectivity index (χ3v) is 4.28. The van der Waals surface area contributed by atoms with Crippen molar-refractivity contribution in [2.45, 2.75) is 57.9 Å². The predicted molar refractivity (Wildman–Crippen MR) is 82.0 cm³/mol. The first-order chi connectivity index (χ1) is 10.0. The van der Waals surface area contributed by atoms with Crippen LogP contribution in [0.25, 0.3) is 0 Å². The van der Waals surface area contributed by atoms with E-state index in [1.807, 2.05) is 0 Å². The average Bonchev–Trinajstić information content (AvgIpc) is 2.87. The number of nitrogens with zero attached hydrogens (tertiary/aromatic N) is 2. The lowest BCUT2D eigenvalue weighted by Gasteiger charge is -2.29. The fraction of sp³-hybridized carbons (Fsp3) is 0.529. The minimum absolute atomic E-state index is 0.411. The van der Waals surface area contributed by atoms with Gasteiger partial charge in [-0.25, -0.2) is 0 Å². The maximum atomic E-state index is 6.44. The second-order valence-corrected chi connectivity index (χ2v) is 6.41. The Morgan fingerprint density at radius 3 is 2.43 bits per heavy atom. The van der Waals surface area contributed by atoms with E-state index in [4.69, 9.17) is 10.3 Å². The molecule has 1 saturated carbocycles. The van der Waals surface area contributed by atoms with Gasteiger partial charge >= 0.3 is 0 Å². The molecule has 112 valence electrons. The molecule has 1 heterocycles. The van der Waals surface area contributed by atoms with Gasteiger partial charge in [0.25, 0.3) is 0 Å². The lowest BCUT2D eigenvalue weighted by Crippen LogP contribution is -2.39. The molecule has 0 aliphatic heterocycles. The molecular formula is C17H23N3O. The summed E-state index contributed by atoms with van der Waals surface area (Å²) < 4.78 is 5.45. The summed E-state index contributed by atoms with van der Waals surface area (Å²) in [5.74, 6) is 1.34. The Hall–Kier alpha value is -1.68. The van der Waals surface area contributed by atoms with E-state index >= 15 is 0 Å². The average molecular weight is 285 g/mol. The van der Waals surface area contributed by atoms with Crippen LogP contribution in [0.5, 0.6) is 0 Å². The highest BCUT2D eigenvalue weighted by atomic mass is 16.5. The molecule has 2 N–H and O–H groups in total. The monoisotopic (exact) mass is 285 g/mol. The van der Waals surface area contributed by atoms with E-state index < -0.39 is 5.54 Å². The van der Waals surface area contributed by atoms with E-state index in [1.54, 1.807) is 0 Å². The number of aromatic nitrogens is 2. The Morgan fingerprint density at radius 1 is 1.10 bits per heavy atom. The molecule has 4 heteroatoms. The highest BCUT2D eigenvalue weighted by Gasteiger charge is 2.35. The van der Waals surface area contributed by atoms with Crippen molar-refractivity contribution < 1.29 is 4.52 Å². The quantitative estimate of drug-likeness (QED) is 0.938. The third-order valence-electron chi connectivity index (χ3n) is 4.28. The standard InChI is InChI=1S/C17H23N3O/c1-12-8-13(2)10-14(9-12)11-15-19-16(21-20-15)17(18)6-4-3-5-7-17/h8-10H,3-7,11,18H2,1-2H3. The van der Waals surface area contributed by atoms with Gasteiger partial charge in [-0.05, 0) is 32.3 Å². The summed E-state index contributed by atoms with van der Waals surface area (Å²) >= 11 is 0. The van der Waals surface area contributed by atoms with Crippen LogP contribution in [0.1, 0.15) is 60.5 Å². The van der Waals surface area contributed by atoms with Gasteiger partial charge in [-0.1, -0.05) is 53.7 Å². The molecule has 1 aromatic carbocycles. The minimum Gasteiger partial charge on any atom is -0.337 e. The van der Waals surface area contributed by atoms with Crippen LogP contribution in [0.4, 0.5) is 0 Å². The number of nitrogens with two attached hydrogens (primary N) is 1. The van der Waals surface area contributed by atoms with E-state index in [-0.39, 0.29) is 0 Å². The Balaban J connectivity index is 1.78. The lowest BCUT2D eigenvalue weighted by atomic mass is 9.82. The third kappa shape index (κ3) is 3.16. The van der Waals surface area contributed by atoms with Gasteiger partial charge in [0.1, 0.15) is 0 Å². The van der Waals surface area contributed by atoms with Crippen LogP contribution in [0, 0.1) is 13.8 Å². The molecule has 4 nitrogen and oxygen atoms in total. The highest BCUT2D eigenvalue weighted by molar-refractivity contribution is 5.30. The Bertz CT molecular complexity index is 606. The maximum absolute atomic E-state index is 6.44. The fourth-order valence-electron chi connectivity index (χ4n) is 3.28. The van der Waals surface area contributed by atoms with Crippen LogP contribution in [0.3, 0.4) is 0 Å². The summed E-state index contributed by atoms with van der Waals surface area (Å²) in [6.45, 7) is 4.21. The van der Waals surface area contributed by atoms with Crippen LogP contribution < -0.4 is 5.73 Å². The largest absolute Gasteiger partial charge is 0.337 e. The van der Waals surface area contributed by atoms with Gasteiger partial charge in [-0.2, -0.15) is 4.98 Å². The molecule has 1 aliphatic rings. The predicted octanol–water partition coefficient (Wildman–Crippen LogP) is 3.40. The van der Waals surface area contributed by atoms with E-state index in [2.05, 4.69) is 42.2 Å². The van der Waals surface area contributed by atoms with Gasteiger partial charge in [0.05, 0.1) is 5.54 Å². The molecule has 21 heavy (non-hydrogen) atoms. The number of benzene rings is 1. The normalized spacial score (nSPS) is 17.9. The van der Waals surface area contributed by atoms with Crippen molar-refractivity contribution in [1.29, 1.82) is 0 Å². The number of aryl methyl sites for hydroxylation is 2. The molecule has 0 atom stereocenters. The van der Waals surface area contributed by atoms with Crippen molar-refractivity contribution in [2.24, 2.45) is 5.73 Å². The summed E-state index contributed by atoms with van der Waals surface area (Å²) in [6, 6.07) is 6.51. The van der Waals surface area contributed by atoms with Gasteiger partial charge in [-0.15, -0.1) is 0 Å². The van der Waals surface area contributed by atoms with E-state index in [0.29, 0.717) is 12.3 Å². The molecule has 0 bridgehead atoms. The van der Waals surface area contributed by atoms with Gasteiger partial charge in [0.2, 0.25) is 5.89 Å². The van der Waals surface area contributed by atoms with E-state index in [9.17, 15) is 0 Å². The number of hydrogen-bond acceptors (Lipinski definition) is 4. The zero-order chi connectivity index (χ0) is 14.9. The fourth-order valence-corrected chi connectivity index (χ4v) is 3.28. The molecule has 0 spiro atoms. The first kappa shape index (κ1) is 14.3. The molecule has 0 unspecified atom stereocenters. The van der Waals surface area contributed by atoms with Crippen molar-refractivity contribution in [2.75, 3.05) is 0 Å². The Morgan fingerprint density at radius 2 is 1.76 bits per heavy atom. The molecule has 0 radical (unpaired) electrons. The Labute approximate surface area is 125 Å². The maximum Gasteiger partial charge on any atom is 0.246 e. The SMILES string of the molecule is Cc1cc(C)cc(Cc2noc(C3(N)CCCCC3)n2)c1. The van der Waals surface area contributed by atoms with Crippen LogP contribution >= 0.6 is 0 Å². The molecule has 3 rings (SSSR count). The highest BCUT2D eigenvalue weighted by Crippen LogP contribution is 2.33. The van der Waals surface area contributed by atoms with Crippen molar-refractivity contribution >= 4 is 0 Å². The summed E-state index contributed by atoms with van der Waals surface area (Å²) in [4.78, 5) is 4.56.